The average Bonchev–Trinajstić information content (AvgIpc) is 2.59. The molecule has 1 radical (unpaired) electrons. The van der Waals surface area contributed by atoms with Crippen molar-refractivity contribution in [1.82, 2.24) is 19.6 Å². The van der Waals surface area contributed by atoms with Gasteiger partial charge in [0.15, 0.2) is 0 Å². The van der Waals surface area contributed by atoms with Crippen LogP contribution in [-0.2, 0) is 0 Å². The number of nitrogens with zero attached hydrogens (tertiary/aromatic N) is 4. The third kappa shape index (κ3) is 1.65. The van der Waals surface area contributed by atoms with Crippen LogP contribution in [0.3, 0.4) is 0 Å². The number of aromatic carboxylic acids is 1. The monoisotopic (exact) mass is 223 g/mol. The number of rotatable bonds is 2. The van der Waals surface area contributed by atoms with E-state index in [1.54, 1.807) is 13.0 Å². The van der Waals surface area contributed by atoms with Crippen LogP contribution in [0.2, 0.25) is 0 Å². The number of carboxylic acid groups (broad SMARTS) is 1. The Morgan fingerprint density at radius 1 is 1.60 bits per heavy atom. The summed E-state index contributed by atoms with van der Waals surface area (Å²) in [4.78, 5) is 18.5. The van der Waals surface area contributed by atoms with Gasteiger partial charge in [-0.05, 0) is 13.0 Å². The van der Waals surface area contributed by atoms with E-state index in [1.165, 1.54) is 16.3 Å². The maximum atomic E-state index is 10.7. The highest BCUT2D eigenvalue weighted by Gasteiger charge is 2.13. The summed E-state index contributed by atoms with van der Waals surface area (Å²) in [6, 6.07) is 1.77. The van der Waals surface area contributed by atoms with Gasteiger partial charge in [-0.3, -0.25) is 0 Å². The van der Waals surface area contributed by atoms with Crippen LogP contribution >= 0.6 is 11.8 Å². The molecule has 0 atom stereocenters. The van der Waals surface area contributed by atoms with Crippen molar-refractivity contribution < 1.29 is 9.90 Å². The molecule has 0 saturated carbocycles. The zero-order chi connectivity index (χ0) is 11.0. The number of hydrogen-bond donors (Lipinski definition) is 1. The number of hydrogen-bond acceptors (Lipinski definition) is 5. The lowest BCUT2D eigenvalue weighted by Gasteiger charge is -1.99. The van der Waals surface area contributed by atoms with Crippen LogP contribution in [-0.4, -0.2) is 30.7 Å². The third-order valence-electron chi connectivity index (χ3n) is 1.75. The highest BCUT2D eigenvalue weighted by atomic mass is 32.2. The predicted octanol–water partition coefficient (Wildman–Crippen LogP) is 1.01. The molecule has 2 heterocycles. The van der Waals surface area contributed by atoms with E-state index < -0.39 is 5.97 Å². The molecule has 2 rings (SSSR count). The Morgan fingerprint density at radius 3 is 2.93 bits per heavy atom. The molecular weight excluding hydrogens is 216 g/mol. The van der Waals surface area contributed by atoms with Crippen LogP contribution in [0.15, 0.2) is 11.1 Å². The molecule has 0 saturated heterocycles. The fraction of sp³-hybridized carbons (Fsp3) is 0.125. The van der Waals surface area contributed by atoms with Crippen molar-refractivity contribution in [3.05, 3.63) is 23.8 Å². The van der Waals surface area contributed by atoms with Crippen molar-refractivity contribution in [3.63, 3.8) is 0 Å². The van der Waals surface area contributed by atoms with Crippen LogP contribution in [0.5, 0.6) is 0 Å². The lowest BCUT2D eigenvalue weighted by molar-refractivity contribution is 0.0683. The summed E-state index contributed by atoms with van der Waals surface area (Å²) in [5.41, 5.74) is 0.748. The van der Waals surface area contributed by atoms with Crippen LogP contribution in [0.1, 0.15) is 16.3 Å². The molecule has 0 aliphatic rings. The SMILES string of the molecule is [CH2]Sc1cc(C)nc2nc(C(=O)O)nn12. The molecule has 0 fully saturated rings. The first kappa shape index (κ1) is 9.91. The molecule has 15 heavy (non-hydrogen) atoms. The van der Waals surface area contributed by atoms with E-state index in [9.17, 15) is 4.79 Å². The molecule has 0 spiro atoms. The van der Waals surface area contributed by atoms with Gasteiger partial charge in [0.25, 0.3) is 11.6 Å². The normalized spacial score (nSPS) is 10.8. The van der Waals surface area contributed by atoms with Gasteiger partial charge in [0.05, 0.1) is 0 Å². The van der Waals surface area contributed by atoms with Crippen molar-refractivity contribution >= 4 is 23.5 Å². The number of aryl methyl sites for hydroxylation is 1. The minimum atomic E-state index is -1.17. The summed E-state index contributed by atoms with van der Waals surface area (Å²) in [5, 5.41) is 13.2. The standard InChI is InChI=1S/C8H7N4O2S/c1-4-3-5(15-2)12-8(9-4)10-6(11-12)7(13)14/h3H,2H2,1H3,(H,13,14). The highest BCUT2D eigenvalue weighted by Crippen LogP contribution is 2.17. The average molecular weight is 223 g/mol. The predicted molar refractivity (Wildman–Crippen MR) is 53.7 cm³/mol. The fourth-order valence-electron chi connectivity index (χ4n) is 1.15. The van der Waals surface area contributed by atoms with Crippen molar-refractivity contribution in [1.29, 1.82) is 0 Å². The molecule has 0 aliphatic carbocycles. The van der Waals surface area contributed by atoms with Gasteiger partial charge in [0.1, 0.15) is 5.03 Å². The van der Waals surface area contributed by atoms with Gasteiger partial charge in [0.2, 0.25) is 0 Å². The summed E-state index contributed by atoms with van der Waals surface area (Å²) in [7, 11) is 0. The Bertz CT molecular complexity index is 537. The molecule has 1 N–H and O–H groups in total. The summed E-state index contributed by atoms with van der Waals surface area (Å²) in [6.45, 7) is 1.80. The molecule has 0 aromatic carbocycles. The second-order valence-corrected chi connectivity index (χ2v) is 3.54. The molecule has 0 amide bonds. The van der Waals surface area contributed by atoms with Crippen molar-refractivity contribution in [3.8, 4) is 0 Å². The molecule has 0 aliphatic heterocycles. The van der Waals surface area contributed by atoms with E-state index in [4.69, 9.17) is 5.11 Å². The topological polar surface area (TPSA) is 80.4 Å². The Labute approximate surface area is 89.4 Å². The minimum Gasteiger partial charge on any atom is -0.475 e. The zero-order valence-electron chi connectivity index (χ0n) is 7.84. The summed E-state index contributed by atoms with van der Waals surface area (Å²) >= 11 is 1.22. The number of thioether (sulfide) groups is 1. The molecule has 2 aromatic heterocycles. The van der Waals surface area contributed by atoms with Gasteiger partial charge >= 0.3 is 5.97 Å². The first-order valence-electron chi connectivity index (χ1n) is 4.01. The Morgan fingerprint density at radius 2 is 2.33 bits per heavy atom. The van der Waals surface area contributed by atoms with Gasteiger partial charge in [-0.1, -0.05) is 0 Å². The molecule has 6 nitrogen and oxygen atoms in total. The van der Waals surface area contributed by atoms with E-state index in [1.807, 2.05) is 0 Å². The van der Waals surface area contributed by atoms with Gasteiger partial charge < -0.3 is 5.11 Å². The van der Waals surface area contributed by atoms with E-state index in [0.717, 1.165) is 5.69 Å². The van der Waals surface area contributed by atoms with Crippen LogP contribution in [0.4, 0.5) is 0 Å². The molecule has 0 unspecified atom stereocenters. The van der Waals surface area contributed by atoms with E-state index in [0.29, 0.717) is 5.03 Å². The molecule has 7 heteroatoms. The number of aromatic nitrogens is 4. The van der Waals surface area contributed by atoms with Gasteiger partial charge in [-0.2, -0.15) is 9.50 Å². The maximum absolute atomic E-state index is 10.7. The third-order valence-corrected chi connectivity index (χ3v) is 2.33. The second kappa shape index (κ2) is 3.50. The minimum absolute atomic E-state index is 0.261. The quantitative estimate of drug-likeness (QED) is 0.604. The lowest BCUT2D eigenvalue weighted by Crippen LogP contribution is -2.00. The zero-order valence-corrected chi connectivity index (χ0v) is 8.65. The first-order chi connectivity index (χ1) is 7.11. The van der Waals surface area contributed by atoms with E-state index in [-0.39, 0.29) is 11.6 Å². The van der Waals surface area contributed by atoms with Crippen LogP contribution in [0.25, 0.3) is 5.78 Å². The second-order valence-electron chi connectivity index (χ2n) is 2.83. The van der Waals surface area contributed by atoms with Crippen molar-refractivity contribution in [2.75, 3.05) is 0 Å². The Balaban J connectivity index is 2.74. The van der Waals surface area contributed by atoms with Gasteiger partial charge in [-0.25, -0.2) is 9.78 Å². The van der Waals surface area contributed by atoms with Crippen LogP contribution in [0, 0.1) is 13.2 Å². The Kier molecular flexibility index (Phi) is 2.31. The lowest BCUT2D eigenvalue weighted by atomic mass is 10.5. The first-order valence-corrected chi connectivity index (χ1v) is 5.00. The molecular formula is C8H7N4O2S. The molecule has 2 aromatic rings. The summed E-state index contributed by atoms with van der Waals surface area (Å²) < 4.78 is 1.37. The molecule has 77 valence electrons. The molecule has 0 bridgehead atoms. The van der Waals surface area contributed by atoms with Gasteiger partial charge in [0, 0.05) is 11.9 Å². The summed E-state index contributed by atoms with van der Waals surface area (Å²) in [5.74, 6) is -1.15. The fourth-order valence-corrected chi connectivity index (χ4v) is 1.65. The smallest absolute Gasteiger partial charge is 0.375 e. The van der Waals surface area contributed by atoms with Crippen molar-refractivity contribution in [2.45, 2.75) is 11.9 Å². The van der Waals surface area contributed by atoms with E-state index >= 15 is 0 Å². The van der Waals surface area contributed by atoms with Crippen molar-refractivity contribution in [2.24, 2.45) is 0 Å². The Hall–Kier alpha value is -1.63. The largest absolute Gasteiger partial charge is 0.475 e. The van der Waals surface area contributed by atoms with Gasteiger partial charge in [-0.15, -0.1) is 16.9 Å². The number of fused-ring (bicyclic) bond motifs is 1. The maximum Gasteiger partial charge on any atom is 0.375 e. The highest BCUT2D eigenvalue weighted by molar-refractivity contribution is 8.00. The summed E-state index contributed by atoms with van der Waals surface area (Å²) in [6.07, 6.45) is 3.65. The number of carboxylic acids is 1. The number of carbonyl (C=O) groups is 1. The van der Waals surface area contributed by atoms with Crippen LogP contribution < -0.4 is 0 Å². The van der Waals surface area contributed by atoms with E-state index in [2.05, 4.69) is 21.3 Å².